The van der Waals surface area contributed by atoms with Crippen molar-refractivity contribution < 1.29 is 0 Å². The van der Waals surface area contributed by atoms with Crippen molar-refractivity contribution >= 4 is 5.82 Å². The smallest absolute Gasteiger partial charge is 0.163 e. The third-order valence-corrected chi connectivity index (χ3v) is 3.32. The van der Waals surface area contributed by atoms with E-state index < -0.39 is 0 Å². The number of nitriles is 1. The minimum Gasteiger partial charge on any atom is -0.353 e. The zero-order valence-corrected chi connectivity index (χ0v) is 10.5. The van der Waals surface area contributed by atoms with Gasteiger partial charge in [0.15, 0.2) is 11.5 Å². The molecular weight excluding hydrogens is 214 g/mol. The van der Waals surface area contributed by atoms with Crippen molar-refractivity contribution in [2.75, 3.05) is 32.1 Å². The summed E-state index contributed by atoms with van der Waals surface area (Å²) in [5.74, 6) is 1.47. The van der Waals surface area contributed by atoms with Crippen LogP contribution < -0.4 is 4.90 Å². The second kappa shape index (κ2) is 4.68. The molecule has 1 aromatic rings. The number of likely N-dealkylation sites (N-methyl/N-ethyl adjacent to an activating group) is 1. The van der Waals surface area contributed by atoms with Gasteiger partial charge in [0.2, 0.25) is 0 Å². The molecule has 2 heterocycles. The minimum atomic E-state index is 0.366. The third-order valence-electron chi connectivity index (χ3n) is 3.32. The van der Waals surface area contributed by atoms with Crippen molar-refractivity contribution in [3.05, 3.63) is 17.8 Å². The van der Waals surface area contributed by atoms with Crippen molar-refractivity contribution in [3.8, 4) is 6.07 Å². The van der Waals surface area contributed by atoms with Gasteiger partial charge in [0.25, 0.3) is 0 Å². The van der Waals surface area contributed by atoms with Crippen LogP contribution in [0.5, 0.6) is 0 Å². The van der Waals surface area contributed by atoms with Crippen LogP contribution in [-0.2, 0) is 0 Å². The lowest BCUT2D eigenvalue weighted by atomic mass is 10.1. The molecule has 2 atom stereocenters. The van der Waals surface area contributed by atoms with Gasteiger partial charge in [-0.1, -0.05) is 6.92 Å². The predicted octanol–water partition coefficient (Wildman–Crippen LogP) is 0.735. The maximum atomic E-state index is 8.68. The molecule has 0 aromatic carbocycles. The van der Waals surface area contributed by atoms with Crippen LogP contribution in [-0.4, -0.2) is 48.3 Å². The van der Waals surface area contributed by atoms with Gasteiger partial charge in [-0.2, -0.15) is 5.26 Å². The van der Waals surface area contributed by atoms with E-state index in [1.54, 1.807) is 6.07 Å². The second-order valence-electron chi connectivity index (χ2n) is 4.80. The quantitative estimate of drug-likeness (QED) is 0.751. The summed E-state index contributed by atoms with van der Waals surface area (Å²) in [6.45, 7) is 4.21. The molecule has 1 saturated heterocycles. The molecule has 0 bridgehead atoms. The van der Waals surface area contributed by atoms with Gasteiger partial charge in [-0.25, -0.2) is 0 Å². The lowest BCUT2D eigenvalue weighted by molar-refractivity contribution is 0.266. The van der Waals surface area contributed by atoms with E-state index in [0.29, 0.717) is 17.7 Å². The van der Waals surface area contributed by atoms with Gasteiger partial charge >= 0.3 is 0 Å². The largest absolute Gasteiger partial charge is 0.353 e. The van der Waals surface area contributed by atoms with Crippen LogP contribution in [0.15, 0.2) is 12.1 Å². The van der Waals surface area contributed by atoms with Crippen LogP contribution >= 0.6 is 0 Å². The van der Waals surface area contributed by atoms with Crippen molar-refractivity contribution in [2.24, 2.45) is 5.92 Å². The Labute approximate surface area is 102 Å². The van der Waals surface area contributed by atoms with Crippen LogP contribution in [0.25, 0.3) is 0 Å². The summed E-state index contributed by atoms with van der Waals surface area (Å²) in [5.41, 5.74) is 0.366. The molecule has 2 unspecified atom stereocenters. The highest BCUT2D eigenvalue weighted by atomic mass is 15.3. The van der Waals surface area contributed by atoms with Crippen molar-refractivity contribution in [1.29, 1.82) is 5.26 Å². The standard InChI is InChI=1S/C12H17N5/c1-9-7-17(8-11(9)16(2)3)12-5-4-10(6-13)14-15-12/h4-5,9,11H,7-8H2,1-3H3. The molecular formula is C12H17N5. The second-order valence-corrected chi connectivity index (χ2v) is 4.80. The van der Waals surface area contributed by atoms with Gasteiger partial charge in [-0.05, 0) is 32.1 Å². The minimum absolute atomic E-state index is 0.366. The van der Waals surface area contributed by atoms with Crippen molar-refractivity contribution in [1.82, 2.24) is 15.1 Å². The Balaban J connectivity index is 2.12. The topological polar surface area (TPSA) is 56.1 Å². The van der Waals surface area contributed by atoms with Gasteiger partial charge in [0.05, 0.1) is 0 Å². The van der Waals surface area contributed by atoms with Crippen molar-refractivity contribution in [2.45, 2.75) is 13.0 Å². The zero-order chi connectivity index (χ0) is 12.4. The van der Waals surface area contributed by atoms with E-state index in [9.17, 15) is 0 Å². The average molecular weight is 231 g/mol. The molecule has 90 valence electrons. The Bertz CT molecular complexity index is 420. The van der Waals surface area contributed by atoms with Gasteiger partial charge < -0.3 is 9.80 Å². The lowest BCUT2D eigenvalue weighted by Gasteiger charge is -2.22. The number of hydrogen-bond donors (Lipinski definition) is 0. The lowest BCUT2D eigenvalue weighted by Crippen LogP contribution is -2.34. The zero-order valence-electron chi connectivity index (χ0n) is 10.5. The van der Waals surface area contributed by atoms with Crippen LogP contribution in [0.4, 0.5) is 5.82 Å². The Kier molecular flexibility index (Phi) is 3.25. The number of rotatable bonds is 2. The normalized spacial score (nSPS) is 24.1. The molecule has 5 heteroatoms. The Morgan fingerprint density at radius 2 is 2.12 bits per heavy atom. The van der Waals surface area contributed by atoms with E-state index in [1.807, 2.05) is 12.1 Å². The molecule has 1 fully saturated rings. The SMILES string of the molecule is CC1CN(c2ccc(C#N)nn2)CC1N(C)C. The Morgan fingerprint density at radius 1 is 1.35 bits per heavy atom. The van der Waals surface area contributed by atoms with Gasteiger partial charge in [-0.3, -0.25) is 0 Å². The molecule has 0 spiro atoms. The fourth-order valence-electron chi connectivity index (χ4n) is 2.36. The number of anilines is 1. The number of aromatic nitrogens is 2. The van der Waals surface area contributed by atoms with E-state index in [4.69, 9.17) is 5.26 Å². The van der Waals surface area contributed by atoms with Crippen LogP contribution in [0.2, 0.25) is 0 Å². The predicted molar refractivity (Wildman–Crippen MR) is 65.6 cm³/mol. The molecule has 1 aliphatic heterocycles. The number of hydrogen-bond acceptors (Lipinski definition) is 5. The summed E-state index contributed by atoms with van der Waals surface area (Å²) in [5, 5.41) is 16.6. The summed E-state index contributed by atoms with van der Waals surface area (Å²) >= 11 is 0. The first-order valence-corrected chi connectivity index (χ1v) is 5.77. The maximum Gasteiger partial charge on any atom is 0.163 e. The Hall–Kier alpha value is -1.67. The van der Waals surface area contributed by atoms with Crippen molar-refractivity contribution in [3.63, 3.8) is 0 Å². The molecule has 1 aliphatic rings. The summed E-state index contributed by atoms with van der Waals surface area (Å²) in [6.07, 6.45) is 0. The van der Waals surface area contributed by atoms with Crippen LogP contribution in [0.3, 0.4) is 0 Å². The molecule has 17 heavy (non-hydrogen) atoms. The highest BCUT2D eigenvalue weighted by molar-refractivity contribution is 5.40. The fraction of sp³-hybridized carbons (Fsp3) is 0.583. The molecule has 2 rings (SSSR count). The average Bonchev–Trinajstić information content (AvgIpc) is 2.71. The molecule has 0 N–H and O–H groups in total. The summed E-state index contributed by atoms with van der Waals surface area (Å²) in [6, 6.07) is 6.12. The summed E-state index contributed by atoms with van der Waals surface area (Å²) in [4.78, 5) is 4.48. The van der Waals surface area contributed by atoms with Crippen LogP contribution in [0, 0.1) is 17.2 Å². The first kappa shape index (κ1) is 11.8. The fourth-order valence-corrected chi connectivity index (χ4v) is 2.36. The Morgan fingerprint density at radius 3 is 2.59 bits per heavy atom. The molecule has 0 radical (unpaired) electrons. The molecule has 0 aliphatic carbocycles. The molecule has 0 amide bonds. The molecule has 0 saturated carbocycles. The van der Waals surface area contributed by atoms with E-state index >= 15 is 0 Å². The summed E-state index contributed by atoms with van der Waals surface area (Å²) in [7, 11) is 4.21. The van der Waals surface area contributed by atoms with E-state index in [0.717, 1.165) is 18.9 Å². The number of nitrogens with zero attached hydrogens (tertiary/aromatic N) is 5. The summed E-state index contributed by atoms with van der Waals surface area (Å²) < 4.78 is 0. The first-order chi connectivity index (χ1) is 8.11. The molecule has 1 aromatic heterocycles. The highest BCUT2D eigenvalue weighted by Gasteiger charge is 2.31. The van der Waals surface area contributed by atoms with Gasteiger partial charge in [0, 0.05) is 19.1 Å². The van der Waals surface area contributed by atoms with E-state index in [2.05, 4.69) is 41.0 Å². The third kappa shape index (κ3) is 2.37. The highest BCUT2D eigenvalue weighted by Crippen LogP contribution is 2.24. The van der Waals surface area contributed by atoms with Gasteiger partial charge in [0.1, 0.15) is 6.07 Å². The van der Waals surface area contributed by atoms with Crippen LogP contribution in [0.1, 0.15) is 12.6 Å². The van der Waals surface area contributed by atoms with Gasteiger partial charge in [-0.15, -0.1) is 10.2 Å². The first-order valence-electron chi connectivity index (χ1n) is 5.77. The van der Waals surface area contributed by atoms with E-state index in [1.165, 1.54) is 0 Å². The molecule has 5 nitrogen and oxygen atoms in total. The maximum absolute atomic E-state index is 8.68. The monoisotopic (exact) mass is 231 g/mol. The van der Waals surface area contributed by atoms with E-state index in [-0.39, 0.29) is 0 Å².